The zero-order chi connectivity index (χ0) is 16.2. The van der Waals surface area contributed by atoms with Crippen LogP contribution in [0.3, 0.4) is 0 Å². The summed E-state index contributed by atoms with van der Waals surface area (Å²) >= 11 is 0. The first kappa shape index (κ1) is 20.2. The van der Waals surface area contributed by atoms with Gasteiger partial charge in [0.25, 0.3) is 0 Å². The van der Waals surface area contributed by atoms with Crippen LogP contribution in [-0.2, 0) is 4.74 Å². The third kappa shape index (κ3) is 11.0. The van der Waals surface area contributed by atoms with E-state index in [0.717, 1.165) is 5.56 Å². The van der Waals surface area contributed by atoms with Crippen molar-refractivity contribution < 1.29 is 9.53 Å². The van der Waals surface area contributed by atoms with Crippen molar-refractivity contribution in [3.63, 3.8) is 0 Å². The van der Waals surface area contributed by atoms with Crippen LogP contribution in [0.5, 0.6) is 0 Å². The Morgan fingerprint density at radius 2 is 1.95 bits per heavy atom. The average Bonchev–Trinajstić information content (AvgIpc) is 2.40. The Labute approximate surface area is 122 Å². The van der Waals surface area contributed by atoms with Crippen LogP contribution in [0.4, 0.5) is 4.79 Å². The summed E-state index contributed by atoms with van der Waals surface area (Å²) < 4.78 is 4.84. The number of amides is 1. The molecule has 1 heterocycles. The molecule has 0 bridgehead atoms. The number of aromatic nitrogens is 1. The Hall–Kier alpha value is -2.09. The summed E-state index contributed by atoms with van der Waals surface area (Å²) in [6.45, 7) is 11.3. The number of pyridine rings is 1. The molecular formula is C15H25N3O2. The van der Waals surface area contributed by atoms with Gasteiger partial charge in [-0.2, -0.15) is 5.26 Å². The molecule has 20 heavy (non-hydrogen) atoms. The molecule has 0 fully saturated rings. The van der Waals surface area contributed by atoms with Crippen LogP contribution in [0.1, 0.15) is 45.9 Å². The van der Waals surface area contributed by atoms with Crippen molar-refractivity contribution in [1.29, 1.82) is 5.26 Å². The molecule has 5 nitrogen and oxygen atoms in total. The Morgan fingerprint density at radius 3 is 2.20 bits per heavy atom. The first-order chi connectivity index (χ1) is 9.30. The van der Waals surface area contributed by atoms with Gasteiger partial charge in [0.2, 0.25) is 0 Å². The lowest BCUT2D eigenvalue weighted by Crippen LogP contribution is -2.30. The van der Waals surface area contributed by atoms with Gasteiger partial charge in [0.05, 0.1) is 0 Å². The lowest BCUT2D eigenvalue weighted by atomic mass is 10.2. The minimum Gasteiger partial charge on any atom is -0.444 e. The standard InChI is InChI=1S/C7H6N2.C6H13NO2.C2H6/c1-6-3-2-4-9-7(6)5-8;1-6(2,3)9-5(8)7-4;1-2/h2-4H,1H3;1-4H3,(H,7,8);1-2H3. The SMILES string of the molecule is CC.CNC(=O)OC(C)(C)C.Cc1cccnc1C#N. The second-order valence-corrected chi connectivity index (χ2v) is 4.53. The maximum absolute atomic E-state index is 10.5. The average molecular weight is 279 g/mol. The highest BCUT2D eigenvalue weighted by Crippen LogP contribution is 2.05. The van der Waals surface area contributed by atoms with Gasteiger partial charge in [-0.05, 0) is 39.3 Å². The molecule has 0 atom stereocenters. The van der Waals surface area contributed by atoms with E-state index in [4.69, 9.17) is 10.00 Å². The van der Waals surface area contributed by atoms with E-state index in [9.17, 15) is 4.79 Å². The number of nitrogens with one attached hydrogen (secondary N) is 1. The van der Waals surface area contributed by atoms with Gasteiger partial charge in [0.15, 0.2) is 0 Å². The molecule has 0 aliphatic rings. The van der Waals surface area contributed by atoms with Gasteiger partial charge >= 0.3 is 6.09 Å². The van der Waals surface area contributed by atoms with E-state index in [1.54, 1.807) is 6.20 Å². The van der Waals surface area contributed by atoms with Crippen molar-refractivity contribution in [2.75, 3.05) is 7.05 Å². The lowest BCUT2D eigenvalue weighted by molar-refractivity contribution is 0.0541. The van der Waals surface area contributed by atoms with Gasteiger partial charge in [0.1, 0.15) is 17.4 Å². The van der Waals surface area contributed by atoms with E-state index in [1.165, 1.54) is 7.05 Å². The molecule has 112 valence electrons. The van der Waals surface area contributed by atoms with Crippen LogP contribution in [0.15, 0.2) is 18.3 Å². The summed E-state index contributed by atoms with van der Waals surface area (Å²) in [5, 5.41) is 10.8. The lowest BCUT2D eigenvalue weighted by Gasteiger charge is -2.18. The second-order valence-electron chi connectivity index (χ2n) is 4.53. The molecule has 0 spiro atoms. The fraction of sp³-hybridized carbons (Fsp3) is 0.533. The van der Waals surface area contributed by atoms with Gasteiger partial charge in [0, 0.05) is 13.2 Å². The number of hydrogen-bond acceptors (Lipinski definition) is 4. The number of alkyl carbamates (subject to hydrolysis) is 1. The molecule has 0 saturated carbocycles. The van der Waals surface area contributed by atoms with E-state index in [2.05, 4.69) is 10.3 Å². The number of rotatable bonds is 0. The Bertz CT molecular complexity index is 431. The molecule has 0 radical (unpaired) electrons. The molecule has 0 aliphatic heterocycles. The number of hydrogen-bond donors (Lipinski definition) is 1. The number of aryl methyl sites for hydroxylation is 1. The number of carbonyl (C=O) groups is 1. The summed E-state index contributed by atoms with van der Waals surface area (Å²) in [4.78, 5) is 14.3. The van der Waals surface area contributed by atoms with Crippen LogP contribution >= 0.6 is 0 Å². The van der Waals surface area contributed by atoms with Crippen molar-refractivity contribution in [1.82, 2.24) is 10.3 Å². The summed E-state index contributed by atoms with van der Waals surface area (Å²) in [5.74, 6) is 0. The number of ether oxygens (including phenoxy) is 1. The number of nitrogens with zero attached hydrogens (tertiary/aromatic N) is 2. The topological polar surface area (TPSA) is 75.0 Å². The third-order valence-electron chi connectivity index (χ3n) is 1.72. The van der Waals surface area contributed by atoms with Crippen molar-refractivity contribution in [2.45, 2.75) is 47.1 Å². The van der Waals surface area contributed by atoms with Gasteiger partial charge in [-0.15, -0.1) is 0 Å². The Morgan fingerprint density at radius 1 is 1.40 bits per heavy atom. The minimum absolute atomic E-state index is 0.387. The van der Waals surface area contributed by atoms with Crippen molar-refractivity contribution in [3.8, 4) is 6.07 Å². The van der Waals surface area contributed by atoms with Gasteiger partial charge in [-0.1, -0.05) is 19.9 Å². The highest BCUT2D eigenvalue weighted by atomic mass is 16.6. The summed E-state index contributed by atoms with van der Waals surface area (Å²) in [7, 11) is 1.54. The molecule has 1 amide bonds. The Balaban J connectivity index is 0. The zero-order valence-corrected chi connectivity index (χ0v) is 13.4. The maximum Gasteiger partial charge on any atom is 0.407 e. The van der Waals surface area contributed by atoms with E-state index in [-0.39, 0.29) is 11.7 Å². The molecule has 0 saturated heterocycles. The van der Waals surface area contributed by atoms with Gasteiger partial charge < -0.3 is 10.1 Å². The molecule has 0 aromatic carbocycles. The molecule has 0 aliphatic carbocycles. The van der Waals surface area contributed by atoms with Crippen LogP contribution in [0.25, 0.3) is 0 Å². The van der Waals surface area contributed by atoms with Crippen molar-refractivity contribution in [2.24, 2.45) is 0 Å². The largest absolute Gasteiger partial charge is 0.444 e. The van der Waals surface area contributed by atoms with Crippen LogP contribution in [0, 0.1) is 18.3 Å². The molecule has 0 unspecified atom stereocenters. The maximum atomic E-state index is 10.5. The monoisotopic (exact) mass is 279 g/mol. The first-order valence-corrected chi connectivity index (χ1v) is 6.52. The van der Waals surface area contributed by atoms with Crippen LogP contribution in [0.2, 0.25) is 0 Å². The van der Waals surface area contributed by atoms with Gasteiger partial charge in [-0.3, -0.25) is 0 Å². The molecule has 1 aromatic heterocycles. The van der Waals surface area contributed by atoms with E-state index in [0.29, 0.717) is 5.69 Å². The molecule has 1 N–H and O–H groups in total. The van der Waals surface area contributed by atoms with Gasteiger partial charge in [-0.25, -0.2) is 9.78 Å². The Kier molecular flexibility index (Phi) is 10.9. The summed E-state index contributed by atoms with van der Waals surface area (Å²) in [6.07, 6.45) is 1.23. The highest BCUT2D eigenvalue weighted by molar-refractivity contribution is 5.67. The molecule has 1 aromatic rings. The number of nitriles is 1. The molecule has 1 rings (SSSR count). The highest BCUT2D eigenvalue weighted by Gasteiger charge is 2.13. The van der Waals surface area contributed by atoms with E-state index < -0.39 is 0 Å². The normalized spacial score (nSPS) is 8.90. The molecular weight excluding hydrogens is 254 g/mol. The number of carbonyl (C=O) groups excluding carboxylic acids is 1. The quantitative estimate of drug-likeness (QED) is 0.789. The van der Waals surface area contributed by atoms with Crippen LogP contribution < -0.4 is 5.32 Å². The predicted octanol–water partition coefficient (Wildman–Crippen LogP) is 3.43. The minimum atomic E-state index is -0.389. The first-order valence-electron chi connectivity index (χ1n) is 6.52. The second kappa shape index (κ2) is 10.8. The predicted molar refractivity (Wildman–Crippen MR) is 80.3 cm³/mol. The fourth-order valence-corrected chi connectivity index (χ4v) is 0.932. The van der Waals surface area contributed by atoms with E-state index >= 15 is 0 Å². The summed E-state index contributed by atoms with van der Waals surface area (Å²) in [6, 6.07) is 5.67. The summed E-state index contributed by atoms with van der Waals surface area (Å²) in [5.41, 5.74) is 1.05. The van der Waals surface area contributed by atoms with Crippen molar-refractivity contribution >= 4 is 6.09 Å². The zero-order valence-electron chi connectivity index (χ0n) is 13.4. The molecule has 5 heteroatoms. The third-order valence-corrected chi connectivity index (χ3v) is 1.72. The van der Waals surface area contributed by atoms with Crippen LogP contribution in [-0.4, -0.2) is 23.7 Å². The van der Waals surface area contributed by atoms with E-state index in [1.807, 2.05) is 59.7 Å². The smallest absolute Gasteiger partial charge is 0.407 e. The van der Waals surface area contributed by atoms with Crippen molar-refractivity contribution in [3.05, 3.63) is 29.6 Å². The fourth-order valence-electron chi connectivity index (χ4n) is 0.932.